The van der Waals surface area contributed by atoms with Crippen LogP contribution < -0.4 is 14.8 Å². The number of hydrogen-bond acceptors (Lipinski definition) is 6. The number of aryl methyl sites for hydroxylation is 1. The van der Waals surface area contributed by atoms with E-state index in [1.165, 1.54) is 20.3 Å². The Hall–Kier alpha value is -3.88. The average molecular weight is 452 g/mol. The minimum absolute atomic E-state index is 0.0143. The number of carbonyl (C=O) groups is 2. The molecule has 3 rings (SSSR count). The molecule has 1 N–H and O–H groups in total. The van der Waals surface area contributed by atoms with Crippen molar-refractivity contribution >= 4 is 11.8 Å². The quantitative estimate of drug-likeness (QED) is 0.508. The fraction of sp³-hybridized carbons (Fsp3) is 0.333. The summed E-state index contributed by atoms with van der Waals surface area (Å²) >= 11 is 0. The molecule has 1 atom stereocenters. The van der Waals surface area contributed by atoms with Gasteiger partial charge in [0.1, 0.15) is 5.69 Å². The number of methoxy groups -OCH3 is 2. The molecule has 0 aliphatic rings. The Morgan fingerprint density at radius 1 is 1.06 bits per heavy atom. The normalized spacial score (nSPS) is 11.5. The lowest BCUT2D eigenvalue weighted by Crippen LogP contribution is -2.41. The lowest BCUT2D eigenvalue weighted by atomic mass is 10.0. The van der Waals surface area contributed by atoms with Crippen molar-refractivity contribution in [3.8, 4) is 11.8 Å². The third-order valence-electron chi connectivity index (χ3n) is 5.41. The van der Waals surface area contributed by atoms with Crippen LogP contribution in [0.5, 0.6) is 11.8 Å². The highest BCUT2D eigenvalue weighted by molar-refractivity contribution is 5.92. The standard InChI is InChI=1S/C24H29N5O4/c1-28-14-8-11-19(28)23(30)25-13-12-18(15-17-9-6-5-7-10-17)29(2)24(31)22-26-20(32-3)16-21(27-22)33-4/h5-11,14,16,18H,12-13,15H2,1-4H3,(H,25,30). The minimum Gasteiger partial charge on any atom is -0.481 e. The van der Waals surface area contributed by atoms with Crippen LogP contribution in [0.15, 0.2) is 54.7 Å². The number of aromatic nitrogens is 3. The number of ether oxygens (including phenoxy) is 2. The third kappa shape index (κ3) is 6.09. The summed E-state index contributed by atoms with van der Waals surface area (Å²) in [6.45, 7) is 0.404. The molecular formula is C24H29N5O4. The Morgan fingerprint density at radius 3 is 2.30 bits per heavy atom. The summed E-state index contributed by atoms with van der Waals surface area (Å²) in [4.78, 5) is 35.7. The number of nitrogens with one attached hydrogen (secondary N) is 1. The van der Waals surface area contributed by atoms with Gasteiger partial charge in [0.15, 0.2) is 0 Å². The second-order valence-electron chi connectivity index (χ2n) is 7.58. The molecule has 3 aromatic rings. The van der Waals surface area contributed by atoms with Crippen LogP contribution in [-0.2, 0) is 13.5 Å². The van der Waals surface area contributed by atoms with Crippen LogP contribution in [-0.4, -0.2) is 65.1 Å². The summed E-state index contributed by atoms with van der Waals surface area (Å²) in [6, 6.07) is 14.8. The number of rotatable bonds is 10. The molecule has 1 aromatic carbocycles. The van der Waals surface area contributed by atoms with Crippen molar-refractivity contribution in [1.29, 1.82) is 0 Å². The van der Waals surface area contributed by atoms with E-state index in [4.69, 9.17) is 9.47 Å². The highest BCUT2D eigenvalue weighted by Gasteiger charge is 2.25. The topological polar surface area (TPSA) is 98.6 Å². The van der Waals surface area contributed by atoms with Crippen LogP contribution in [0.1, 0.15) is 33.1 Å². The van der Waals surface area contributed by atoms with Crippen LogP contribution in [0.4, 0.5) is 0 Å². The zero-order valence-corrected chi connectivity index (χ0v) is 19.3. The summed E-state index contributed by atoms with van der Waals surface area (Å²) in [6.07, 6.45) is 2.99. The molecule has 0 spiro atoms. The molecule has 2 heterocycles. The van der Waals surface area contributed by atoms with Gasteiger partial charge in [-0.05, 0) is 30.5 Å². The number of carbonyl (C=O) groups excluding carboxylic acids is 2. The first-order valence-electron chi connectivity index (χ1n) is 10.6. The predicted octanol–water partition coefficient (Wildman–Crippen LogP) is 2.34. The maximum Gasteiger partial charge on any atom is 0.291 e. The Balaban J connectivity index is 1.76. The van der Waals surface area contributed by atoms with Gasteiger partial charge in [0.05, 0.1) is 20.3 Å². The third-order valence-corrected chi connectivity index (χ3v) is 5.41. The van der Waals surface area contributed by atoms with E-state index in [-0.39, 0.29) is 35.4 Å². The predicted molar refractivity (Wildman–Crippen MR) is 124 cm³/mol. The van der Waals surface area contributed by atoms with Gasteiger partial charge in [0, 0.05) is 32.9 Å². The monoisotopic (exact) mass is 451 g/mol. The Bertz CT molecular complexity index is 1060. The largest absolute Gasteiger partial charge is 0.481 e. The number of hydrogen-bond donors (Lipinski definition) is 1. The average Bonchev–Trinajstić information content (AvgIpc) is 3.28. The molecule has 9 heteroatoms. The van der Waals surface area contributed by atoms with E-state index in [0.29, 0.717) is 25.1 Å². The van der Waals surface area contributed by atoms with Crippen LogP contribution >= 0.6 is 0 Å². The van der Waals surface area contributed by atoms with Gasteiger partial charge in [-0.1, -0.05) is 30.3 Å². The van der Waals surface area contributed by atoms with Crippen molar-refractivity contribution in [2.45, 2.75) is 18.9 Å². The number of benzene rings is 1. The second-order valence-corrected chi connectivity index (χ2v) is 7.58. The van der Waals surface area contributed by atoms with Crippen molar-refractivity contribution in [2.75, 3.05) is 27.8 Å². The first kappa shape index (κ1) is 23.8. The van der Waals surface area contributed by atoms with Crippen LogP contribution in [0.2, 0.25) is 0 Å². The van der Waals surface area contributed by atoms with Crippen molar-refractivity contribution < 1.29 is 19.1 Å². The molecule has 0 fully saturated rings. The van der Waals surface area contributed by atoms with E-state index in [9.17, 15) is 9.59 Å². The summed E-state index contributed by atoms with van der Waals surface area (Å²) in [7, 11) is 6.47. The van der Waals surface area contributed by atoms with Gasteiger partial charge in [0.2, 0.25) is 17.6 Å². The zero-order valence-electron chi connectivity index (χ0n) is 19.3. The van der Waals surface area contributed by atoms with Crippen LogP contribution in [0.3, 0.4) is 0 Å². The van der Waals surface area contributed by atoms with Gasteiger partial charge in [-0.3, -0.25) is 9.59 Å². The van der Waals surface area contributed by atoms with Crippen molar-refractivity contribution in [1.82, 2.24) is 24.8 Å². The van der Waals surface area contributed by atoms with Crippen molar-refractivity contribution in [3.63, 3.8) is 0 Å². The first-order chi connectivity index (χ1) is 15.9. The lowest BCUT2D eigenvalue weighted by Gasteiger charge is -2.28. The molecule has 1 unspecified atom stereocenters. The molecule has 0 saturated carbocycles. The SMILES string of the molecule is COc1cc(OC)nc(C(=O)N(C)C(CCNC(=O)c2cccn2C)Cc2ccccc2)n1. The Labute approximate surface area is 193 Å². The Kier molecular flexibility index (Phi) is 8.01. The van der Waals surface area contributed by atoms with E-state index in [2.05, 4.69) is 15.3 Å². The smallest absolute Gasteiger partial charge is 0.291 e. The molecule has 0 radical (unpaired) electrons. The number of likely N-dealkylation sites (N-methyl/N-ethyl adjacent to an activating group) is 1. The van der Waals surface area contributed by atoms with E-state index >= 15 is 0 Å². The summed E-state index contributed by atoms with van der Waals surface area (Å²) < 4.78 is 12.1. The molecule has 174 valence electrons. The van der Waals surface area contributed by atoms with E-state index in [1.54, 1.807) is 22.6 Å². The summed E-state index contributed by atoms with van der Waals surface area (Å²) in [5, 5.41) is 2.94. The molecule has 0 bridgehead atoms. The molecule has 9 nitrogen and oxygen atoms in total. The summed E-state index contributed by atoms with van der Waals surface area (Å²) in [5.74, 6) is -0.0432. The molecular weight excluding hydrogens is 422 g/mol. The van der Waals surface area contributed by atoms with E-state index in [1.807, 2.05) is 49.6 Å². The van der Waals surface area contributed by atoms with Gasteiger partial charge >= 0.3 is 0 Å². The minimum atomic E-state index is -0.359. The second kappa shape index (κ2) is 11.1. The molecule has 33 heavy (non-hydrogen) atoms. The maximum atomic E-state index is 13.2. The maximum absolute atomic E-state index is 13.2. The van der Waals surface area contributed by atoms with Gasteiger partial charge in [-0.25, -0.2) is 0 Å². The van der Waals surface area contributed by atoms with Crippen molar-refractivity contribution in [2.24, 2.45) is 7.05 Å². The number of amides is 2. The molecule has 0 aliphatic heterocycles. The van der Waals surface area contributed by atoms with Gasteiger partial charge in [0.25, 0.3) is 11.8 Å². The fourth-order valence-electron chi connectivity index (χ4n) is 3.49. The Morgan fingerprint density at radius 2 is 1.73 bits per heavy atom. The number of nitrogens with zero attached hydrogens (tertiary/aromatic N) is 4. The molecule has 0 aliphatic carbocycles. The highest BCUT2D eigenvalue weighted by Crippen LogP contribution is 2.18. The van der Waals surface area contributed by atoms with Crippen molar-refractivity contribution in [3.05, 3.63) is 71.8 Å². The zero-order chi connectivity index (χ0) is 23.8. The fourth-order valence-corrected chi connectivity index (χ4v) is 3.49. The van der Waals surface area contributed by atoms with Gasteiger partial charge in [-0.15, -0.1) is 0 Å². The highest BCUT2D eigenvalue weighted by atomic mass is 16.5. The van der Waals surface area contributed by atoms with Crippen LogP contribution in [0, 0.1) is 0 Å². The molecule has 0 saturated heterocycles. The van der Waals surface area contributed by atoms with Crippen LogP contribution in [0.25, 0.3) is 0 Å². The van der Waals surface area contributed by atoms with Gasteiger partial charge < -0.3 is 24.3 Å². The molecule has 2 aromatic heterocycles. The first-order valence-corrected chi connectivity index (χ1v) is 10.6. The van der Waals surface area contributed by atoms with Gasteiger partial charge in [-0.2, -0.15) is 9.97 Å². The summed E-state index contributed by atoms with van der Waals surface area (Å²) in [5.41, 5.74) is 1.66. The lowest BCUT2D eigenvalue weighted by molar-refractivity contribution is 0.0708. The van der Waals surface area contributed by atoms with E-state index in [0.717, 1.165) is 5.56 Å². The molecule has 2 amide bonds. The van der Waals surface area contributed by atoms with E-state index < -0.39 is 0 Å².